The van der Waals surface area contributed by atoms with Crippen molar-refractivity contribution in [1.82, 2.24) is 9.88 Å². The molecule has 138 valence electrons. The van der Waals surface area contributed by atoms with Crippen molar-refractivity contribution in [2.75, 3.05) is 20.2 Å². The highest BCUT2D eigenvalue weighted by Gasteiger charge is 2.34. The lowest BCUT2D eigenvalue weighted by Gasteiger charge is -2.41. The first-order valence-electron chi connectivity index (χ1n) is 9.57. The molecule has 0 radical (unpaired) electrons. The Balaban J connectivity index is 1.52. The van der Waals surface area contributed by atoms with Crippen molar-refractivity contribution in [3.63, 3.8) is 0 Å². The van der Waals surface area contributed by atoms with Crippen molar-refractivity contribution in [2.45, 2.75) is 39.0 Å². The van der Waals surface area contributed by atoms with Crippen molar-refractivity contribution in [2.24, 2.45) is 11.8 Å². The smallest absolute Gasteiger partial charge is 0.265 e. The van der Waals surface area contributed by atoms with E-state index in [1.54, 1.807) is 7.11 Å². The maximum absolute atomic E-state index is 13.1. The quantitative estimate of drug-likeness (QED) is 0.781. The van der Waals surface area contributed by atoms with Gasteiger partial charge >= 0.3 is 0 Å². The Morgan fingerprint density at radius 2 is 1.88 bits per heavy atom. The average molecular weight is 371 g/mol. The Labute approximate surface area is 159 Å². The zero-order valence-corrected chi connectivity index (χ0v) is 16.3. The van der Waals surface area contributed by atoms with Crippen molar-refractivity contribution < 1.29 is 9.53 Å². The number of aryl methyl sites for hydroxylation is 1. The molecule has 1 aliphatic carbocycles. The van der Waals surface area contributed by atoms with Crippen LogP contribution in [0.25, 0.3) is 10.6 Å². The molecule has 1 saturated heterocycles. The third-order valence-electron chi connectivity index (χ3n) is 5.91. The number of piperidine rings is 1. The molecule has 5 heteroatoms. The minimum absolute atomic E-state index is 0.170. The van der Waals surface area contributed by atoms with Gasteiger partial charge in [-0.3, -0.25) is 4.79 Å². The zero-order chi connectivity index (χ0) is 18.1. The normalized spacial score (nSPS) is 22.8. The van der Waals surface area contributed by atoms with Crippen LogP contribution in [0.1, 0.15) is 47.5 Å². The van der Waals surface area contributed by atoms with Crippen LogP contribution in [0.15, 0.2) is 24.3 Å². The van der Waals surface area contributed by atoms with Gasteiger partial charge in [0.1, 0.15) is 15.6 Å². The minimum atomic E-state index is 0.170. The van der Waals surface area contributed by atoms with Crippen LogP contribution in [-0.4, -0.2) is 36.0 Å². The van der Waals surface area contributed by atoms with Crippen molar-refractivity contribution >= 4 is 17.2 Å². The Morgan fingerprint density at radius 3 is 2.62 bits per heavy atom. The van der Waals surface area contributed by atoms with E-state index in [0.29, 0.717) is 5.92 Å². The zero-order valence-electron chi connectivity index (χ0n) is 15.5. The Hall–Kier alpha value is -1.88. The van der Waals surface area contributed by atoms with Crippen molar-refractivity contribution in [3.8, 4) is 16.3 Å². The highest BCUT2D eigenvalue weighted by atomic mass is 32.1. The molecule has 0 bridgehead atoms. The van der Waals surface area contributed by atoms with Crippen LogP contribution in [0.3, 0.4) is 0 Å². The standard InChI is InChI=1S/C21H26N2O2S/c1-14-19(26-20(22-14)16-7-9-18(25-2)10-8-16)21(24)23-12-11-15-5-3-4-6-17(15)13-23/h7-10,15,17H,3-6,11-13H2,1-2H3/t15-,17-/m1/s1. The second-order valence-corrected chi connectivity index (χ2v) is 8.51. The van der Waals surface area contributed by atoms with Crippen LogP contribution >= 0.6 is 11.3 Å². The molecule has 0 N–H and O–H groups in total. The van der Waals surface area contributed by atoms with Gasteiger partial charge in [0.15, 0.2) is 0 Å². The maximum atomic E-state index is 13.1. The lowest BCUT2D eigenvalue weighted by molar-refractivity contribution is 0.0524. The number of hydrogen-bond acceptors (Lipinski definition) is 4. The summed E-state index contributed by atoms with van der Waals surface area (Å²) in [6.45, 7) is 3.78. The number of nitrogens with zero attached hydrogens (tertiary/aromatic N) is 2. The Morgan fingerprint density at radius 1 is 1.15 bits per heavy atom. The Kier molecular flexibility index (Phi) is 4.98. The van der Waals surface area contributed by atoms with Gasteiger partial charge in [-0.2, -0.15) is 0 Å². The van der Waals surface area contributed by atoms with Gasteiger partial charge in [-0.1, -0.05) is 19.3 Å². The van der Waals surface area contributed by atoms with Gasteiger partial charge in [0, 0.05) is 18.7 Å². The van der Waals surface area contributed by atoms with E-state index in [-0.39, 0.29) is 5.91 Å². The van der Waals surface area contributed by atoms with Gasteiger partial charge in [-0.15, -0.1) is 11.3 Å². The number of hydrogen-bond donors (Lipinski definition) is 0. The second kappa shape index (κ2) is 7.39. The molecule has 2 aromatic rings. The first kappa shape index (κ1) is 17.5. The maximum Gasteiger partial charge on any atom is 0.265 e. The van der Waals surface area contributed by atoms with Crippen molar-refractivity contribution in [3.05, 3.63) is 34.8 Å². The van der Waals surface area contributed by atoms with E-state index in [0.717, 1.165) is 45.9 Å². The van der Waals surface area contributed by atoms with Crippen LogP contribution in [0.2, 0.25) is 0 Å². The number of amides is 1. The van der Waals surface area contributed by atoms with Crippen LogP contribution in [-0.2, 0) is 0 Å². The summed E-state index contributed by atoms with van der Waals surface area (Å²) in [4.78, 5) is 20.7. The topological polar surface area (TPSA) is 42.4 Å². The van der Waals surface area contributed by atoms with Gasteiger partial charge < -0.3 is 9.64 Å². The number of rotatable bonds is 3. The number of benzene rings is 1. The largest absolute Gasteiger partial charge is 0.497 e. The van der Waals surface area contributed by atoms with E-state index in [2.05, 4.69) is 9.88 Å². The molecule has 0 unspecified atom stereocenters. The highest BCUT2D eigenvalue weighted by molar-refractivity contribution is 7.17. The number of aromatic nitrogens is 1. The molecule has 4 nitrogen and oxygen atoms in total. The van der Waals surface area contributed by atoms with E-state index in [9.17, 15) is 4.79 Å². The predicted octanol–water partition coefficient (Wildman–Crippen LogP) is 4.78. The lowest BCUT2D eigenvalue weighted by Crippen LogP contribution is -2.44. The number of methoxy groups -OCH3 is 1. The summed E-state index contributed by atoms with van der Waals surface area (Å²) in [5.41, 5.74) is 1.88. The third-order valence-corrected chi connectivity index (χ3v) is 7.10. The van der Waals surface area contributed by atoms with E-state index < -0.39 is 0 Å². The molecular formula is C21H26N2O2S. The molecule has 2 fully saturated rings. The molecule has 1 aromatic carbocycles. The van der Waals surface area contributed by atoms with Crippen LogP contribution in [0.5, 0.6) is 5.75 Å². The number of thiazole rings is 1. The molecular weight excluding hydrogens is 344 g/mol. The molecule has 1 aromatic heterocycles. The molecule has 4 rings (SSSR count). The first-order valence-corrected chi connectivity index (χ1v) is 10.4. The highest BCUT2D eigenvalue weighted by Crippen LogP contribution is 2.37. The van der Waals surface area contributed by atoms with Crippen molar-refractivity contribution in [1.29, 1.82) is 0 Å². The first-order chi connectivity index (χ1) is 12.7. The van der Waals surface area contributed by atoms with E-state index in [1.165, 1.54) is 43.4 Å². The monoisotopic (exact) mass is 370 g/mol. The van der Waals surface area contributed by atoms with Gasteiger partial charge in [0.05, 0.1) is 12.8 Å². The molecule has 0 spiro atoms. The molecule has 2 heterocycles. The van der Waals surface area contributed by atoms with E-state index in [4.69, 9.17) is 4.74 Å². The molecule has 1 amide bonds. The van der Waals surface area contributed by atoms with Gasteiger partial charge in [0.25, 0.3) is 5.91 Å². The summed E-state index contributed by atoms with van der Waals surface area (Å²) in [5.74, 6) is 2.54. The second-order valence-electron chi connectivity index (χ2n) is 7.51. The Bertz CT molecular complexity index is 784. The SMILES string of the molecule is COc1ccc(-c2nc(C)c(C(=O)N3CC[C@H]4CCCC[C@@H]4C3)s2)cc1. The molecule has 2 atom stereocenters. The molecule has 1 saturated carbocycles. The van der Waals surface area contributed by atoms with Crippen LogP contribution < -0.4 is 4.74 Å². The summed E-state index contributed by atoms with van der Waals surface area (Å²) in [6.07, 6.45) is 6.50. The molecule has 2 aliphatic rings. The van der Waals surface area contributed by atoms with Crippen LogP contribution in [0.4, 0.5) is 0 Å². The van der Waals surface area contributed by atoms with Gasteiger partial charge in [0.2, 0.25) is 0 Å². The summed E-state index contributed by atoms with van der Waals surface area (Å²) in [7, 11) is 1.66. The number of fused-ring (bicyclic) bond motifs is 1. The minimum Gasteiger partial charge on any atom is -0.497 e. The number of ether oxygens (including phenoxy) is 1. The van der Waals surface area contributed by atoms with Gasteiger partial charge in [-0.25, -0.2) is 4.98 Å². The third kappa shape index (κ3) is 3.37. The fraction of sp³-hybridized carbons (Fsp3) is 0.524. The summed E-state index contributed by atoms with van der Waals surface area (Å²) >= 11 is 1.51. The summed E-state index contributed by atoms with van der Waals surface area (Å²) in [5, 5.41) is 0.904. The average Bonchev–Trinajstić information content (AvgIpc) is 3.08. The molecule has 26 heavy (non-hydrogen) atoms. The van der Waals surface area contributed by atoms with Crippen LogP contribution in [0, 0.1) is 18.8 Å². The predicted molar refractivity (Wildman–Crippen MR) is 105 cm³/mol. The van der Waals surface area contributed by atoms with Gasteiger partial charge in [-0.05, 0) is 55.9 Å². The molecule has 1 aliphatic heterocycles. The number of likely N-dealkylation sites (tertiary alicyclic amines) is 1. The summed E-state index contributed by atoms with van der Waals surface area (Å²) in [6, 6.07) is 7.86. The number of carbonyl (C=O) groups excluding carboxylic acids is 1. The van der Waals surface area contributed by atoms with E-state index in [1.807, 2.05) is 31.2 Å². The fourth-order valence-corrected chi connectivity index (χ4v) is 5.42. The number of carbonyl (C=O) groups is 1. The van der Waals surface area contributed by atoms with E-state index >= 15 is 0 Å². The lowest BCUT2D eigenvalue weighted by atomic mass is 9.75. The summed E-state index contributed by atoms with van der Waals surface area (Å²) < 4.78 is 5.22. The fourth-order valence-electron chi connectivity index (χ4n) is 4.38.